The predicted octanol–water partition coefficient (Wildman–Crippen LogP) is 2.66. The van der Waals surface area contributed by atoms with Crippen LogP contribution in [0.2, 0.25) is 0 Å². The molecule has 2 aromatic carbocycles. The zero-order chi connectivity index (χ0) is 25.6. The van der Waals surface area contributed by atoms with Gasteiger partial charge in [-0.05, 0) is 40.5 Å². The third-order valence-electron chi connectivity index (χ3n) is 6.58. The molecule has 1 aliphatic rings. The molecule has 1 fully saturated rings. The number of piperazine rings is 1. The Labute approximate surface area is 217 Å². The number of nitrogens with two attached hydrogens (primary N) is 3. The van der Waals surface area contributed by atoms with Crippen LogP contribution in [0.3, 0.4) is 0 Å². The molecular formula is C28H34N8O. The van der Waals surface area contributed by atoms with E-state index in [0.717, 1.165) is 30.8 Å². The van der Waals surface area contributed by atoms with E-state index in [1.165, 1.54) is 16.8 Å². The van der Waals surface area contributed by atoms with E-state index in [4.69, 9.17) is 21.9 Å². The third kappa shape index (κ3) is 6.38. The van der Waals surface area contributed by atoms with E-state index in [1.54, 1.807) is 6.07 Å². The first kappa shape index (κ1) is 24.6. The number of hydrogen-bond donors (Lipinski definition) is 4. The summed E-state index contributed by atoms with van der Waals surface area (Å²) < 4.78 is 7.93. The minimum atomic E-state index is 0.261. The molecule has 0 aliphatic carbocycles. The van der Waals surface area contributed by atoms with E-state index in [0.29, 0.717) is 43.7 Å². The summed E-state index contributed by atoms with van der Waals surface area (Å²) >= 11 is 0. The lowest BCUT2D eigenvalue weighted by Gasteiger charge is -2.35. The van der Waals surface area contributed by atoms with Gasteiger partial charge in [-0.2, -0.15) is 5.10 Å². The second-order valence-electron chi connectivity index (χ2n) is 9.50. The summed E-state index contributed by atoms with van der Waals surface area (Å²) in [7, 11) is 0. The number of anilines is 4. The highest BCUT2D eigenvalue weighted by molar-refractivity contribution is 5.67. The van der Waals surface area contributed by atoms with Crippen LogP contribution in [0.4, 0.5) is 23.0 Å². The maximum Gasteiger partial charge on any atom is 0.149 e. The molecule has 3 heterocycles. The molecule has 9 nitrogen and oxygen atoms in total. The molecule has 9 heteroatoms. The largest absolute Gasteiger partial charge is 0.396 e. The van der Waals surface area contributed by atoms with E-state index < -0.39 is 0 Å². The summed E-state index contributed by atoms with van der Waals surface area (Å²) in [5.74, 6) is 0.626. The average molecular weight is 499 g/mol. The molecule has 2 aromatic heterocycles. The van der Waals surface area contributed by atoms with Crippen molar-refractivity contribution in [2.24, 2.45) is 0 Å². The summed E-state index contributed by atoms with van der Waals surface area (Å²) in [6.45, 7) is 4.79. The van der Waals surface area contributed by atoms with E-state index in [9.17, 15) is 0 Å². The summed E-state index contributed by atoms with van der Waals surface area (Å²) in [5.41, 5.74) is 23.8. The van der Waals surface area contributed by atoms with Crippen LogP contribution >= 0.6 is 0 Å². The van der Waals surface area contributed by atoms with Crippen molar-refractivity contribution in [3.63, 3.8) is 0 Å². The van der Waals surface area contributed by atoms with Gasteiger partial charge in [-0.1, -0.05) is 42.5 Å². The molecule has 0 amide bonds. The smallest absolute Gasteiger partial charge is 0.149 e. The molecule has 4 aromatic rings. The van der Waals surface area contributed by atoms with Crippen molar-refractivity contribution in [3.8, 4) is 0 Å². The highest BCUT2D eigenvalue weighted by Gasteiger charge is 2.20. The SMILES string of the molecule is Nc1cc(Cc2cnn(Cc3cccc(N4CCNC(COCc5ccccc5)C4)c3)c2)c(N)c(N)n1. The topological polar surface area (TPSA) is 133 Å². The Hall–Kier alpha value is -4.08. The fourth-order valence-electron chi connectivity index (χ4n) is 4.71. The Balaban J connectivity index is 1.18. The van der Waals surface area contributed by atoms with E-state index in [2.05, 4.69) is 56.7 Å². The van der Waals surface area contributed by atoms with Crippen LogP contribution in [0.5, 0.6) is 0 Å². The Kier molecular flexibility index (Phi) is 7.53. The molecule has 0 spiro atoms. The van der Waals surface area contributed by atoms with Gasteiger partial charge in [0.2, 0.25) is 0 Å². The highest BCUT2D eigenvalue weighted by Crippen LogP contribution is 2.23. The van der Waals surface area contributed by atoms with Gasteiger partial charge in [0.25, 0.3) is 0 Å². The predicted molar refractivity (Wildman–Crippen MR) is 148 cm³/mol. The standard InChI is InChI=1S/C28H34N8O/c29-26-13-23(27(30)28(31)34-26)11-22-14-33-36(16-22)15-21-7-4-8-25(12-21)35-10-9-32-24(17-35)19-37-18-20-5-2-1-3-6-20/h1-8,12-14,16,24,32H,9-11,15,17-19,30H2,(H4,29,31,34). The van der Waals surface area contributed by atoms with Gasteiger partial charge >= 0.3 is 0 Å². The first-order chi connectivity index (χ1) is 18.0. The number of nitrogens with zero attached hydrogens (tertiary/aromatic N) is 4. The van der Waals surface area contributed by atoms with Crippen LogP contribution < -0.4 is 27.4 Å². The number of aromatic nitrogens is 3. The highest BCUT2D eigenvalue weighted by atomic mass is 16.5. The maximum atomic E-state index is 6.09. The number of nitrogens with one attached hydrogen (secondary N) is 1. The lowest BCUT2D eigenvalue weighted by molar-refractivity contribution is 0.0971. The van der Waals surface area contributed by atoms with Crippen molar-refractivity contribution < 1.29 is 4.74 Å². The molecular weight excluding hydrogens is 464 g/mol. The van der Waals surface area contributed by atoms with Crippen LogP contribution in [0.1, 0.15) is 22.3 Å². The van der Waals surface area contributed by atoms with E-state index in [1.807, 2.05) is 35.3 Å². The number of rotatable bonds is 9. The first-order valence-corrected chi connectivity index (χ1v) is 12.5. The van der Waals surface area contributed by atoms with Crippen molar-refractivity contribution in [2.45, 2.75) is 25.6 Å². The number of benzene rings is 2. The van der Waals surface area contributed by atoms with Gasteiger partial charge in [0, 0.05) is 44.0 Å². The van der Waals surface area contributed by atoms with Crippen molar-refractivity contribution >= 4 is 23.0 Å². The molecule has 1 saturated heterocycles. The monoisotopic (exact) mass is 498 g/mol. The normalized spacial score (nSPS) is 15.7. The molecule has 0 bridgehead atoms. The number of ether oxygens (including phenoxy) is 1. The van der Waals surface area contributed by atoms with Gasteiger partial charge in [0.05, 0.1) is 31.6 Å². The van der Waals surface area contributed by atoms with Crippen molar-refractivity contribution in [1.29, 1.82) is 0 Å². The molecule has 1 atom stereocenters. The molecule has 7 N–H and O–H groups in total. The third-order valence-corrected chi connectivity index (χ3v) is 6.58. The Bertz CT molecular complexity index is 1320. The van der Waals surface area contributed by atoms with Crippen LogP contribution in [0.25, 0.3) is 0 Å². The van der Waals surface area contributed by atoms with Crippen LogP contribution in [-0.2, 0) is 24.3 Å². The second kappa shape index (κ2) is 11.3. The fourth-order valence-corrected chi connectivity index (χ4v) is 4.71. The lowest BCUT2D eigenvalue weighted by Crippen LogP contribution is -2.52. The van der Waals surface area contributed by atoms with E-state index in [-0.39, 0.29) is 5.82 Å². The lowest BCUT2D eigenvalue weighted by atomic mass is 10.1. The number of hydrogen-bond acceptors (Lipinski definition) is 8. The van der Waals surface area contributed by atoms with Gasteiger partial charge in [-0.3, -0.25) is 4.68 Å². The molecule has 192 valence electrons. The van der Waals surface area contributed by atoms with Gasteiger partial charge in [0.1, 0.15) is 11.6 Å². The molecule has 0 radical (unpaired) electrons. The first-order valence-electron chi connectivity index (χ1n) is 12.5. The number of nitrogen functional groups attached to an aromatic ring is 3. The maximum absolute atomic E-state index is 6.09. The molecule has 37 heavy (non-hydrogen) atoms. The second-order valence-corrected chi connectivity index (χ2v) is 9.50. The quantitative estimate of drug-likeness (QED) is 0.277. The summed E-state index contributed by atoms with van der Waals surface area (Å²) in [5, 5.41) is 8.14. The van der Waals surface area contributed by atoms with Gasteiger partial charge in [-0.25, -0.2) is 4.98 Å². The fraction of sp³-hybridized carbons (Fsp3) is 0.286. The molecule has 5 rings (SSSR count). The van der Waals surface area contributed by atoms with Crippen molar-refractivity contribution in [3.05, 3.63) is 95.3 Å². The average Bonchev–Trinajstić information content (AvgIpc) is 3.34. The van der Waals surface area contributed by atoms with Crippen molar-refractivity contribution in [2.75, 3.05) is 48.3 Å². The number of pyridine rings is 1. The van der Waals surface area contributed by atoms with Crippen LogP contribution in [0.15, 0.2) is 73.1 Å². The van der Waals surface area contributed by atoms with E-state index >= 15 is 0 Å². The summed E-state index contributed by atoms with van der Waals surface area (Å²) in [6, 6.07) is 21.0. The molecule has 0 saturated carbocycles. The summed E-state index contributed by atoms with van der Waals surface area (Å²) in [4.78, 5) is 6.43. The Morgan fingerprint density at radius 1 is 0.973 bits per heavy atom. The minimum Gasteiger partial charge on any atom is -0.396 e. The van der Waals surface area contributed by atoms with Crippen molar-refractivity contribution in [1.82, 2.24) is 20.1 Å². The zero-order valence-corrected chi connectivity index (χ0v) is 20.9. The molecule has 1 unspecified atom stereocenters. The van der Waals surface area contributed by atoms with Crippen LogP contribution in [-0.4, -0.2) is 47.0 Å². The minimum absolute atomic E-state index is 0.261. The van der Waals surface area contributed by atoms with Gasteiger partial charge in [0.15, 0.2) is 0 Å². The van der Waals surface area contributed by atoms with Gasteiger partial charge < -0.3 is 32.2 Å². The summed E-state index contributed by atoms with van der Waals surface area (Å²) in [6.07, 6.45) is 4.48. The van der Waals surface area contributed by atoms with Gasteiger partial charge in [-0.15, -0.1) is 0 Å². The Morgan fingerprint density at radius 3 is 2.68 bits per heavy atom. The Morgan fingerprint density at radius 2 is 1.81 bits per heavy atom. The molecule has 1 aliphatic heterocycles. The van der Waals surface area contributed by atoms with Crippen LogP contribution in [0, 0.1) is 0 Å². The zero-order valence-electron chi connectivity index (χ0n) is 20.9.